The summed E-state index contributed by atoms with van der Waals surface area (Å²) in [5.74, 6) is 0.0489. The Balaban J connectivity index is 1.87. The molecule has 0 N–H and O–H groups in total. The van der Waals surface area contributed by atoms with Gasteiger partial charge in [-0.15, -0.1) is 0 Å². The maximum Gasteiger partial charge on any atom is 0.178 e. The number of halogens is 1. The van der Waals surface area contributed by atoms with Crippen LogP contribution in [0.15, 0.2) is 48.8 Å². The van der Waals surface area contributed by atoms with Crippen molar-refractivity contribution in [2.45, 2.75) is 6.42 Å². The molecule has 0 unspecified atom stereocenters. The fourth-order valence-corrected chi connectivity index (χ4v) is 2.21. The van der Waals surface area contributed by atoms with Gasteiger partial charge < -0.3 is 0 Å². The van der Waals surface area contributed by atoms with E-state index in [2.05, 4.69) is 4.98 Å². The molecule has 0 aliphatic carbocycles. The van der Waals surface area contributed by atoms with E-state index in [1.165, 1.54) is 5.56 Å². The van der Waals surface area contributed by atoms with Gasteiger partial charge in [0.1, 0.15) is 0 Å². The molecular weight excluding hydrogens is 272 g/mol. The van der Waals surface area contributed by atoms with Gasteiger partial charge in [0, 0.05) is 24.5 Å². The molecule has 1 heterocycles. The van der Waals surface area contributed by atoms with Crippen LogP contribution in [0.4, 0.5) is 0 Å². The third-order valence-electron chi connectivity index (χ3n) is 3.12. The summed E-state index contributed by atoms with van der Waals surface area (Å²) in [6, 6.07) is 11.1. The monoisotopic (exact) mass is 288 g/mol. The van der Waals surface area contributed by atoms with E-state index in [1.807, 2.05) is 36.2 Å². The predicted molar refractivity (Wildman–Crippen MR) is 81.2 cm³/mol. The minimum Gasteiger partial charge on any atom is -0.299 e. The van der Waals surface area contributed by atoms with Gasteiger partial charge in [0.2, 0.25) is 0 Å². The average Bonchev–Trinajstić information content (AvgIpc) is 2.46. The Bertz CT molecular complexity index is 572. The lowest BCUT2D eigenvalue weighted by atomic mass is 10.1. The summed E-state index contributed by atoms with van der Waals surface area (Å²) in [5, 5.41) is 0.514. The Hall–Kier alpha value is -1.71. The molecule has 0 spiro atoms. The molecule has 0 saturated heterocycles. The highest BCUT2D eigenvalue weighted by molar-refractivity contribution is 6.34. The third kappa shape index (κ3) is 4.15. The number of ketones is 1. The van der Waals surface area contributed by atoms with E-state index in [0.29, 0.717) is 17.1 Å². The summed E-state index contributed by atoms with van der Waals surface area (Å²) < 4.78 is 0. The largest absolute Gasteiger partial charge is 0.299 e. The second kappa shape index (κ2) is 7.17. The SMILES string of the molecule is CN(CCc1ccncc1)CC(=O)c1ccccc1Cl. The van der Waals surface area contributed by atoms with Gasteiger partial charge in [-0.25, -0.2) is 0 Å². The van der Waals surface area contributed by atoms with Crippen LogP contribution in [-0.2, 0) is 6.42 Å². The van der Waals surface area contributed by atoms with E-state index in [4.69, 9.17) is 11.6 Å². The molecule has 0 aliphatic heterocycles. The minimum atomic E-state index is 0.0489. The molecule has 104 valence electrons. The first-order chi connectivity index (χ1) is 9.66. The summed E-state index contributed by atoms with van der Waals surface area (Å²) >= 11 is 6.03. The van der Waals surface area contributed by atoms with Crippen LogP contribution < -0.4 is 0 Å². The van der Waals surface area contributed by atoms with E-state index in [-0.39, 0.29) is 5.78 Å². The fraction of sp³-hybridized carbons (Fsp3) is 0.250. The van der Waals surface area contributed by atoms with Crippen molar-refractivity contribution in [2.24, 2.45) is 0 Å². The van der Waals surface area contributed by atoms with Crippen LogP contribution in [0, 0.1) is 0 Å². The van der Waals surface area contributed by atoms with Crippen LogP contribution in [-0.4, -0.2) is 35.8 Å². The summed E-state index contributed by atoms with van der Waals surface area (Å²) in [5.41, 5.74) is 1.81. The van der Waals surface area contributed by atoms with Gasteiger partial charge in [0.15, 0.2) is 5.78 Å². The molecule has 4 heteroatoms. The van der Waals surface area contributed by atoms with E-state index in [9.17, 15) is 4.79 Å². The second-order valence-electron chi connectivity index (χ2n) is 4.75. The summed E-state index contributed by atoms with van der Waals surface area (Å²) in [4.78, 5) is 18.1. The van der Waals surface area contributed by atoms with Gasteiger partial charge in [0.25, 0.3) is 0 Å². The Kier molecular flexibility index (Phi) is 5.27. The molecule has 20 heavy (non-hydrogen) atoms. The maximum absolute atomic E-state index is 12.2. The molecule has 0 bridgehead atoms. The quantitative estimate of drug-likeness (QED) is 0.766. The number of rotatable bonds is 6. The first-order valence-corrected chi connectivity index (χ1v) is 6.90. The van der Waals surface area contributed by atoms with E-state index >= 15 is 0 Å². The van der Waals surface area contributed by atoms with Crippen molar-refractivity contribution < 1.29 is 4.79 Å². The normalized spacial score (nSPS) is 10.8. The van der Waals surface area contributed by atoms with Gasteiger partial charge in [-0.05, 0) is 43.3 Å². The molecule has 2 aromatic rings. The van der Waals surface area contributed by atoms with Gasteiger partial charge in [-0.2, -0.15) is 0 Å². The summed E-state index contributed by atoms with van der Waals surface area (Å²) in [6.45, 7) is 1.19. The van der Waals surface area contributed by atoms with E-state index in [1.54, 1.807) is 24.5 Å². The molecule has 0 radical (unpaired) electrons. The van der Waals surface area contributed by atoms with Crippen molar-refractivity contribution in [2.75, 3.05) is 20.1 Å². The van der Waals surface area contributed by atoms with Crippen molar-refractivity contribution in [1.29, 1.82) is 0 Å². The number of carbonyl (C=O) groups is 1. The van der Waals surface area contributed by atoms with Crippen LogP contribution in [0.5, 0.6) is 0 Å². The van der Waals surface area contributed by atoms with Crippen molar-refractivity contribution in [3.05, 3.63) is 64.9 Å². The van der Waals surface area contributed by atoms with Crippen molar-refractivity contribution >= 4 is 17.4 Å². The molecule has 1 aromatic heterocycles. The van der Waals surface area contributed by atoms with Crippen molar-refractivity contribution in [3.63, 3.8) is 0 Å². The highest BCUT2D eigenvalue weighted by Gasteiger charge is 2.12. The zero-order valence-electron chi connectivity index (χ0n) is 11.4. The molecule has 0 fully saturated rings. The standard InChI is InChI=1S/C16H17ClN2O/c1-19(11-8-13-6-9-18-10-7-13)12-16(20)14-4-2-3-5-15(14)17/h2-7,9-10H,8,11-12H2,1H3. The summed E-state index contributed by atoms with van der Waals surface area (Å²) in [6.07, 6.45) is 4.46. The summed E-state index contributed by atoms with van der Waals surface area (Å²) in [7, 11) is 1.94. The van der Waals surface area contributed by atoms with Crippen molar-refractivity contribution in [1.82, 2.24) is 9.88 Å². The van der Waals surface area contributed by atoms with Crippen LogP contribution in [0.1, 0.15) is 15.9 Å². The molecule has 0 saturated carbocycles. The number of hydrogen-bond acceptors (Lipinski definition) is 3. The maximum atomic E-state index is 12.2. The second-order valence-corrected chi connectivity index (χ2v) is 5.15. The Morgan fingerprint density at radius 3 is 2.60 bits per heavy atom. The molecular formula is C16H17ClN2O. The van der Waals surface area contributed by atoms with Crippen LogP contribution in [0.2, 0.25) is 5.02 Å². The zero-order chi connectivity index (χ0) is 14.4. The van der Waals surface area contributed by atoms with Crippen LogP contribution in [0.25, 0.3) is 0 Å². The van der Waals surface area contributed by atoms with Gasteiger partial charge in [-0.3, -0.25) is 14.7 Å². The first-order valence-electron chi connectivity index (χ1n) is 6.52. The highest BCUT2D eigenvalue weighted by atomic mass is 35.5. The lowest BCUT2D eigenvalue weighted by Gasteiger charge is -2.16. The lowest BCUT2D eigenvalue weighted by Crippen LogP contribution is -2.28. The van der Waals surface area contributed by atoms with Crippen LogP contribution >= 0.6 is 11.6 Å². The first kappa shape index (κ1) is 14.7. The Morgan fingerprint density at radius 2 is 1.90 bits per heavy atom. The number of likely N-dealkylation sites (N-methyl/N-ethyl adjacent to an activating group) is 1. The predicted octanol–water partition coefficient (Wildman–Crippen LogP) is 3.09. The number of pyridine rings is 1. The number of carbonyl (C=O) groups excluding carboxylic acids is 1. The number of aromatic nitrogens is 1. The van der Waals surface area contributed by atoms with Gasteiger partial charge in [-0.1, -0.05) is 23.7 Å². The molecule has 0 amide bonds. The highest BCUT2D eigenvalue weighted by Crippen LogP contribution is 2.15. The number of hydrogen-bond donors (Lipinski definition) is 0. The number of nitrogens with zero attached hydrogens (tertiary/aromatic N) is 2. The average molecular weight is 289 g/mol. The fourth-order valence-electron chi connectivity index (χ4n) is 1.97. The number of Topliss-reactive ketones (excluding diaryl/α,β-unsaturated/α-hetero) is 1. The van der Waals surface area contributed by atoms with E-state index < -0.39 is 0 Å². The van der Waals surface area contributed by atoms with Crippen LogP contribution in [0.3, 0.4) is 0 Å². The molecule has 0 atom stereocenters. The minimum absolute atomic E-state index is 0.0489. The molecule has 1 aromatic carbocycles. The zero-order valence-corrected chi connectivity index (χ0v) is 12.2. The van der Waals surface area contributed by atoms with E-state index in [0.717, 1.165) is 13.0 Å². The molecule has 2 rings (SSSR count). The van der Waals surface area contributed by atoms with Crippen molar-refractivity contribution in [3.8, 4) is 0 Å². The van der Waals surface area contributed by atoms with Gasteiger partial charge >= 0.3 is 0 Å². The van der Waals surface area contributed by atoms with Gasteiger partial charge in [0.05, 0.1) is 11.6 Å². The lowest BCUT2D eigenvalue weighted by molar-refractivity contribution is 0.0947. The molecule has 0 aliphatic rings. The number of benzene rings is 1. The topological polar surface area (TPSA) is 33.2 Å². The Labute approximate surface area is 124 Å². The smallest absolute Gasteiger partial charge is 0.178 e. The Morgan fingerprint density at radius 1 is 1.20 bits per heavy atom. The molecule has 3 nitrogen and oxygen atoms in total. The third-order valence-corrected chi connectivity index (χ3v) is 3.45.